The maximum absolute atomic E-state index is 12.0. The van der Waals surface area contributed by atoms with Crippen LogP contribution < -0.4 is 10.4 Å². The molecule has 2 N–H and O–H groups in total. The van der Waals surface area contributed by atoms with Crippen LogP contribution in [0.25, 0.3) is 0 Å². The van der Waals surface area contributed by atoms with Crippen LogP contribution in [0.2, 0.25) is 0 Å². The van der Waals surface area contributed by atoms with Gasteiger partial charge in [-0.25, -0.2) is 4.83 Å². The van der Waals surface area contributed by atoms with E-state index in [4.69, 9.17) is 5.26 Å². The number of sulfonamides is 1. The van der Waals surface area contributed by atoms with E-state index < -0.39 is 21.5 Å². The van der Waals surface area contributed by atoms with Gasteiger partial charge < -0.3 is 5.11 Å². The fourth-order valence-corrected chi connectivity index (χ4v) is 2.82. The summed E-state index contributed by atoms with van der Waals surface area (Å²) in [5, 5.41) is 22.7. The van der Waals surface area contributed by atoms with Crippen molar-refractivity contribution in [3.63, 3.8) is 0 Å². The Morgan fingerprint density at radius 1 is 1.33 bits per heavy atom. The predicted molar refractivity (Wildman–Crippen MR) is 87.2 cm³/mol. The summed E-state index contributed by atoms with van der Waals surface area (Å²) in [6, 6.07) is 9.38. The van der Waals surface area contributed by atoms with Gasteiger partial charge in [-0.3, -0.25) is 9.36 Å². The lowest BCUT2D eigenvalue weighted by molar-refractivity contribution is 0.421. The lowest BCUT2D eigenvalue weighted by Gasteiger charge is -2.10. The number of pyridine rings is 1. The Kier molecular flexibility index (Phi) is 4.71. The number of benzene rings is 1. The van der Waals surface area contributed by atoms with Crippen LogP contribution in [-0.4, -0.2) is 24.3 Å². The summed E-state index contributed by atoms with van der Waals surface area (Å²) in [6.07, 6.45) is 1.05. The van der Waals surface area contributed by atoms with Gasteiger partial charge in [0.15, 0.2) is 0 Å². The Hall–Kier alpha value is -3.12. The van der Waals surface area contributed by atoms with Crippen molar-refractivity contribution >= 4 is 16.2 Å². The molecule has 0 saturated carbocycles. The first-order chi connectivity index (χ1) is 11.3. The van der Waals surface area contributed by atoms with E-state index in [-0.39, 0.29) is 21.6 Å². The van der Waals surface area contributed by atoms with Crippen LogP contribution in [0.15, 0.2) is 45.1 Å². The number of aromatic nitrogens is 1. The first kappa shape index (κ1) is 17.2. The number of hydrogen-bond donors (Lipinski definition) is 2. The second-order valence-electron chi connectivity index (χ2n) is 4.88. The topological polar surface area (TPSA) is 125 Å². The van der Waals surface area contributed by atoms with E-state index in [1.165, 1.54) is 26.1 Å². The van der Waals surface area contributed by atoms with Crippen LogP contribution in [0.1, 0.15) is 16.7 Å². The number of nitriles is 1. The van der Waals surface area contributed by atoms with E-state index in [1.807, 2.05) is 4.83 Å². The van der Waals surface area contributed by atoms with Gasteiger partial charge in [0.1, 0.15) is 11.6 Å². The molecule has 0 saturated heterocycles. The smallest absolute Gasteiger partial charge is 0.276 e. The zero-order valence-electron chi connectivity index (χ0n) is 12.9. The fraction of sp³-hybridized carbons (Fsp3) is 0.133. The highest BCUT2D eigenvalue weighted by Crippen LogP contribution is 2.18. The summed E-state index contributed by atoms with van der Waals surface area (Å²) in [7, 11) is -2.56. The van der Waals surface area contributed by atoms with Crippen LogP contribution in [0.4, 0.5) is 0 Å². The van der Waals surface area contributed by atoms with Gasteiger partial charge in [-0.1, -0.05) is 18.2 Å². The molecular formula is C15H14N4O4S. The molecule has 124 valence electrons. The summed E-state index contributed by atoms with van der Waals surface area (Å²) >= 11 is 0. The molecule has 0 aliphatic carbocycles. The zero-order chi connectivity index (χ0) is 17.9. The average Bonchev–Trinajstić information content (AvgIpc) is 2.57. The summed E-state index contributed by atoms with van der Waals surface area (Å²) in [5.41, 5.74) is -0.512. The minimum Gasteiger partial charge on any atom is -0.494 e. The first-order valence-electron chi connectivity index (χ1n) is 6.72. The Morgan fingerprint density at radius 2 is 1.96 bits per heavy atom. The van der Waals surface area contributed by atoms with Crippen LogP contribution >= 0.6 is 0 Å². The van der Waals surface area contributed by atoms with Crippen LogP contribution in [0.5, 0.6) is 5.88 Å². The Balaban J connectivity index is 2.39. The summed E-state index contributed by atoms with van der Waals surface area (Å²) in [5.74, 6) is -0.417. The van der Waals surface area contributed by atoms with Gasteiger partial charge in [0.25, 0.3) is 15.6 Å². The highest BCUT2D eigenvalue weighted by Gasteiger charge is 2.16. The van der Waals surface area contributed by atoms with E-state index >= 15 is 0 Å². The molecule has 0 atom stereocenters. The number of rotatable bonds is 4. The highest BCUT2D eigenvalue weighted by atomic mass is 32.2. The van der Waals surface area contributed by atoms with Gasteiger partial charge in [-0.05, 0) is 24.6 Å². The van der Waals surface area contributed by atoms with Crippen molar-refractivity contribution in [3.05, 3.63) is 57.4 Å². The molecule has 0 fully saturated rings. The molecular weight excluding hydrogens is 332 g/mol. The largest absolute Gasteiger partial charge is 0.494 e. The van der Waals surface area contributed by atoms with Crippen LogP contribution in [-0.2, 0) is 17.1 Å². The second kappa shape index (κ2) is 6.55. The van der Waals surface area contributed by atoms with Crippen molar-refractivity contribution in [1.29, 1.82) is 5.26 Å². The Bertz CT molecular complexity index is 1000. The summed E-state index contributed by atoms with van der Waals surface area (Å²) in [6.45, 7) is 1.47. The first-order valence-corrected chi connectivity index (χ1v) is 8.20. The van der Waals surface area contributed by atoms with Gasteiger partial charge in [-0.15, -0.1) is 0 Å². The molecule has 24 heavy (non-hydrogen) atoms. The SMILES string of the molecule is Cc1c(/C=N\NS(=O)(=O)c2ccccc2)c(O)n(C)c(=O)c1C#N. The number of nitrogens with one attached hydrogen (secondary N) is 1. The van der Waals surface area contributed by atoms with E-state index in [0.29, 0.717) is 0 Å². The molecule has 0 spiro atoms. The fourth-order valence-electron chi connectivity index (χ4n) is 2.01. The van der Waals surface area contributed by atoms with E-state index in [1.54, 1.807) is 24.3 Å². The highest BCUT2D eigenvalue weighted by molar-refractivity contribution is 7.89. The number of hydrogen-bond acceptors (Lipinski definition) is 6. The standard InChI is InChI=1S/C15H14N4O4S/c1-10-12(8-16)14(20)19(2)15(21)13(10)9-17-18-24(22,23)11-6-4-3-5-7-11/h3-7,9,18,21H,1-2H3/b17-9-. The van der Waals surface area contributed by atoms with Gasteiger partial charge in [0.05, 0.1) is 16.7 Å². The zero-order valence-corrected chi connectivity index (χ0v) is 13.7. The van der Waals surface area contributed by atoms with Crippen molar-refractivity contribution in [1.82, 2.24) is 9.40 Å². The maximum Gasteiger partial charge on any atom is 0.276 e. The molecule has 0 unspecified atom stereocenters. The molecule has 0 aliphatic rings. The number of nitrogens with zero attached hydrogens (tertiary/aromatic N) is 3. The van der Waals surface area contributed by atoms with Crippen LogP contribution in [0.3, 0.4) is 0 Å². The number of hydrazone groups is 1. The third kappa shape index (κ3) is 3.13. The molecule has 9 heteroatoms. The van der Waals surface area contributed by atoms with E-state index in [2.05, 4.69) is 5.10 Å². The molecule has 0 aliphatic heterocycles. The normalized spacial score (nSPS) is 11.4. The van der Waals surface area contributed by atoms with Gasteiger partial charge in [-0.2, -0.15) is 18.8 Å². The van der Waals surface area contributed by atoms with Crippen LogP contribution in [0, 0.1) is 18.3 Å². The quantitative estimate of drug-likeness (QED) is 0.619. The number of aromatic hydroxyl groups is 1. The molecule has 2 rings (SSSR count). The molecule has 1 aromatic heterocycles. The molecule has 0 radical (unpaired) electrons. The van der Waals surface area contributed by atoms with Crippen molar-refractivity contribution in [2.75, 3.05) is 0 Å². The van der Waals surface area contributed by atoms with Gasteiger partial charge >= 0.3 is 0 Å². The van der Waals surface area contributed by atoms with Gasteiger partial charge in [0.2, 0.25) is 5.88 Å². The lowest BCUT2D eigenvalue weighted by Crippen LogP contribution is -2.23. The minimum absolute atomic E-state index is 0.0290. The Labute approximate surface area is 138 Å². The lowest BCUT2D eigenvalue weighted by atomic mass is 10.1. The minimum atomic E-state index is -3.85. The molecule has 8 nitrogen and oxygen atoms in total. The molecule has 1 aromatic carbocycles. The van der Waals surface area contributed by atoms with E-state index in [0.717, 1.165) is 10.8 Å². The summed E-state index contributed by atoms with van der Waals surface area (Å²) in [4.78, 5) is 13.9. The van der Waals surface area contributed by atoms with Crippen molar-refractivity contribution < 1.29 is 13.5 Å². The summed E-state index contributed by atoms with van der Waals surface area (Å²) < 4.78 is 25.0. The Morgan fingerprint density at radius 3 is 2.54 bits per heavy atom. The van der Waals surface area contributed by atoms with Crippen molar-refractivity contribution in [2.45, 2.75) is 11.8 Å². The third-order valence-corrected chi connectivity index (χ3v) is 4.63. The van der Waals surface area contributed by atoms with E-state index in [9.17, 15) is 18.3 Å². The maximum atomic E-state index is 12.0. The molecule has 1 heterocycles. The molecule has 2 aromatic rings. The monoisotopic (exact) mass is 346 g/mol. The van der Waals surface area contributed by atoms with Crippen molar-refractivity contribution in [2.24, 2.45) is 12.1 Å². The van der Waals surface area contributed by atoms with Crippen molar-refractivity contribution in [3.8, 4) is 11.9 Å². The predicted octanol–water partition coefficient (Wildman–Crippen LogP) is 0.583. The second-order valence-corrected chi connectivity index (χ2v) is 6.54. The third-order valence-electron chi connectivity index (χ3n) is 3.39. The molecule has 0 bridgehead atoms. The molecule has 0 amide bonds. The van der Waals surface area contributed by atoms with Gasteiger partial charge in [0, 0.05) is 7.05 Å². The average molecular weight is 346 g/mol.